The summed E-state index contributed by atoms with van der Waals surface area (Å²) < 4.78 is 33.0. The van der Waals surface area contributed by atoms with Gasteiger partial charge in [-0.25, -0.2) is 4.68 Å². The van der Waals surface area contributed by atoms with E-state index in [0.717, 1.165) is 38.9 Å². The first kappa shape index (κ1) is 33.4. The quantitative estimate of drug-likeness (QED) is 0.146. The van der Waals surface area contributed by atoms with E-state index in [2.05, 4.69) is 15.6 Å². The molecule has 1 unspecified atom stereocenters. The molecule has 2 atom stereocenters. The van der Waals surface area contributed by atoms with Crippen LogP contribution in [0.3, 0.4) is 0 Å². The number of hydrogen-bond acceptors (Lipinski definition) is 8. The summed E-state index contributed by atoms with van der Waals surface area (Å²) in [7, 11) is -3.37. The number of benzene rings is 3. The highest BCUT2D eigenvalue weighted by Crippen LogP contribution is 2.57. The Hall–Kier alpha value is -3.97. The number of fused-ring (bicyclic) bond motifs is 2. The van der Waals surface area contributed by atoms with E-state index in [0.29, 0.717) is 30.2 Å². The van der Waals surface area contributed by atoms with Crippen molar-refractivity contribution < 1.29 is 28.5 Å². The van der Waals surface area contributed by atoms with Gasteiger partial charge in [0.2, 0.25) is 5.91 Å². The van der Waals surface area contributed by atoms with Crippen molar-refractivity contribution >= 4 is 33.7 Å². The van der Waals surface area contributed by atoms with Crippen LogP contribution in [0.4, 0.5) is 0 Å². The first-order valence-corrected chi connectivity index (χ1v) is 17.0. The van der Waals surface area contributed by atoms with E-state index in [9.17, 15) is 23.8 Å². The maximum absolute atomic E-state index is 12.8. The van der Waals surface area contributed by atoms with Crippen LogP contribution in [0.5, 0.6) is 5.75 Å². The van der Waals surface area contributed by atoms with E-state index in [4.69, 9.17) is 4.74 Å². The topological polar surface area (TPSA) is 150 Å². The molecule has 46 heavy (non-hydrogen) atoms. The molecule has 3 aromatic carbocycles. The Labute approximate surface area is 271 Å². The number of nitrogens with one attached hydrogen (secondary N) is 1. The number of aryl methyl sites for hydroxylation is 3. The van der Waals surface area contributed by atoms with Gasteiger partial charge in [-0.05, 0) is 87.1 Å². The van der Waals surface area contributed by atoms with Crippen molar-refractivity contribution in [2.75, 3.05) is 6.54 Å². The number of carbonyl (C=O) groups excluding carboxylic acids is 1. The van der Waals surface area contributed by atoms with Crippen molar-refractivity contribution in [2.45, 2.75) is 89.9 Å². The van der Waals surface area contributed by atoms with Crippen LogP contribution >= 0.6 is 10.8 Å². The molecule has 0 fully saturated rings. The number of amides is 1. The Morgan fingerprint density at radius 2 is 1.85 bits per heavy atom. The molecule has 1 aliphatic rings. The lowest BCUT2D eigenvalue weighted by Gasteiger charge is -2.42. The molecule has 1 aliphatic heterocycles. The van der Waals surface area contributed by atoms with Crippen molar-refractivity contribution in [1.29, 1.82) is 0 Å². The van der Waals surface area contributed by atoms with Crippen LogP contribution in [0.2, 0.25) is 0 Å². The molecule has 2 heterocycles. The number of carbonyl (C=O) groups is 2. The number of para-hydroxylation sites is 1. The molecule has 0 aliphatic carbocycles. The number of nitrogens with zero attached hydrogens (tertiary/aromatic N) is 4. The van der Waals surface area contributed by atoms with E-state index < -0.39 is 40.5 Å². The van der Waals surface area contributed by atoms with Crippen LogP contribution in [0.25, 0.3) is 11.0 Å². The van der Waals surface area contributed by atoms with Crippen molar-refractivity contribution in [3.05, 3.63) is 82.4 Å². The fourth-order valence-electron chi connectivity index (χ4n) is 6.39. The summed E-state index contributed by atoms with van der Waals surface area (Å²) >= 11 is 0. The Bertz CT molecular complexity index is 1770. The number of rotatable bonds is 10. The molecule has 246 valence electrons. The second-order valence-electron chi connectivity index (χ2n) is 12.4. The fourth-order valence-corrected chi connectivity index (χ4v) is 8.00. The van der Waals surface area contributed by atoms with Gasteiger partial charge in [-0.15, -0.1) is 15.9 Å². The second kappa shape index (κ2) is 13.0. The highest BCUT2D eigenvalue weighted by atomic mass is 32.3. The standard InChI is InChI=1S/C34H43N5O6S/c1-7-25-20-38(46(43,44)29-12-10-9-11-28(29)45-25)19-24-17-23(14-13-21(24)3)32(34(5,6)35-30(40)18-31(41)42)26-15-16-27-33(22(26)4)36-37-39(27)8-2/h9-17,25,32,43-44H,7-8,18-20H2,1-6H3,(H,35,40)(H,41,42)/t25?,32-/m0/s1. The Morgan fingerprint density at radius 1 is 1.11 bits per heavy atom. The lowest BCUT2D eigenvalue weighted by Crippen LogP contribution is -2.49. The first-order valence-electron chi connectivity index (χ1n) is 15.5. The molecular weight excluding hydrogens is 606 g/mol. The third-order valence-corrected chi connectivity index (χ3v) is 10.7. The number of aromatic nitrogens is 3. The number of aliphatic carboxylic acids is 1. The van der Waals surface area contributed by atoms with Gasteiger partial charge in [0.15, 0.2) is 0 Å². The number of carboxylic acids is 1. The average molecular weight is 650 g/mol. The predicted molar refractivity (Wildman–Crippen MR) is 178 cm³/mol. The van der Waals surface area contributed by atoms with Gasteiger partial charge >= 0.3 is 5.97 Å². The third-order valence-electron chi connectivity index (χ3n) is 8.80. The molecule has 0 saturated heterocycles. The monoisotopic (exact) mass is 649 g/mol. The summed E-state index contributed by atoms with van der Waals surface area (Å²) in [5.41, 5.74) is 5.29. The molecule has 4 aromatic rings. The van der Waals surface area contributed by atoms with Crippen molar-refractivity contribution in [3.63, 3.8) is 0 Å². The van der Waals surface area contributed by atoms with Gasteiger partial charge in [0, 0.05) is 24.5 Å². The van der Waals surface area contributed by atoms with Gasteiger partial charge in [-0.2, -0.15) is 4.31 Å². The molecule has 5 rings (SSSR count). The predicted octanol–water partition coefficient (Wildman–Crippen LogP) is 6.27. The summed E-state index contributed by atoms with van der Waals surface area (Å²) in [6, 6.07) is 17.1. The van der Waals surface area contributed by atoms with E-state index in [1.54, 1.807) is 22.5 Å². The highest BCUT2D eigenvalue weighted by molar-refractivity contribution is 8.22. The minimum atomic E-state index is -3.37. The first-order chi connectivity index (χ1) is 21.8. The summed E-state index contributed by atoms with van der Waals surface area (Å²) in [6.07, 6.45) is -0.191. The van der Waals surface area contributed by atoms with Gasteiger partial charge in [-0.1, -0.05) is 48.5 Å². The summed E-state index contributed by atoms with van der Waals surface area (Å²) in [5, 5.41) is 21.0. The Kier molecular flexibility index (Phi) is 9.46. The van der Waals surface area contributed by atoms with E-state index in [1.807, 2.05) is 82.6 Å². The summed E-state index contributed by atoms with van der Waals surface area (Å²) in [5.74, 6) is -1.73. The maximum Gasteiger partial charge on any atom is 0.312 e. The molecule has 11 nitrogen and oxygen atoms in total. The van der Waals surface area contributed by atoms with Crippen LogP contribution in [0.1, 0.15) is 74.3 Å². The van der Waals surface area contributed by atoms with Gasteiger partial charge in [0.05, 0.1) is 12.1 Å². The highest BCUT2D eigenvalue weighted by Gasteiger charge is 2.38. The number of hydrogen-bond donors (Lipinski definition) is 4. The molecule has 0 bridgehead atoms. The lowest BCUT2D eigenvalue weighted by molar-refractivity contribution is -0.141. The van der Waals surface area contributed by atoms with Crippen LogP contribution in [0.15, 0.2) is 59.5 Å². The number of carboxylic acid groups (broad SMARTS) is 1. The van der Waals surface area contributed by atoms with Crippen LogP contribution in [-0.2, 0) is 22.7 Å². The minimum absolute atomic E-state index is 0.236. The molecule has 1 aromatic heterocycles. The van der Waals surface area contributed by atoms with E-state index >= 15 is 0 Å². The third kappa shape index (κ3) is 6.48. The smallest absolute Gasteiger partial charge is 0.312 e. The number of ether oxygens (including phenoxy) is 1. The largest absolute Gasteiger partial charge is 0.487 e. The summed E-state index contributed by atoms with van der Waals surface area (Å²) in [4.78, 5) is 24.6. The maximum atomic E-state index is 12.8. The van der Waals surface area contributed by atoms with Gasteiger partial charge in [0.1, 0.15) is 28.7 Å². The fraction of sp³-hybridized carbons (Fsp3) is 0.412. The SMILES string of the molecule is CCC1CN(Cc2cc([C@@H](c3ccc4c(nnn4CC)c3C)C(C)(C)NC(=O)CC(=O)O)ccc2C)S(O)(O)c2ccccc2O1. The Balaban J connectivity index is 1.61. The van der Waals surface area contributed by atoms with Crippen LogP contribution in [0, 0.1) is 13.8 Å². The zero-order valence-electron chi connectivity index (χ0n) is 27.1. The zero-order valence-corrected chi connectivity index (χ0v) is 28.0. The van der Waals surface area contributed by atoms with E-state index in [1.165, 1.54) is 0 Å². The molecule has 4 N–H and O–H groups in total. The molecule has 0 radical (unpaired) electrons. The van der Waals surface area contributed by atoms with Gasteiger partial charge < -0.3 is 15.2 Å². The normalized spacial score (nSPS) is 17.9. The van der Waals surface area contributed by atoms with Crippen molar-refractivity contribution in [1.82, 2.24) is 24.6 Å². The van der Waals surface area contributed by atoms with E-state index in [-0.39, 0.29) is 12.6 Å². The van der Waals surface area contributed by atoms with Crippen molar-refractivity contribution in [3.8, 4) is 5.75 Å². The molecule has 0 saturated carbocycles. The Morgan fingerprint density at radius 3 is 2.54 bits per heavy atom. The van der Waals surface area contributed by atoms with Gasteiger partial charge in [0.25, 0.3) is 0 Å². The summed E-state index contributed by atoms with van der Waals surface area (Å²) in [6.45, 7) is 13.0. The minimum Gasteiger partial charge on any atom is -0.487 e. The lowest BCUT2D eigenvalue weighted by atomic mass is 9.74. The molecule has 0 spiro atoms. The zero-order chi connectivity index (χ0) is 33.4. The van der Waals surface area contributed by atoms with Crippen LogP contribution < -0.4 is 10.1 Å². The average Bonchev–Trinajstić information content (AvgIpc) is 3.38. The molecule has 1 amide bonds. The molecular formula is C34H43N5O6S. The molecule has 12 heteroatoms. The van der Waals surface area contributed by atoms with Crippen LogP contribution in [-0.4, -0.2) is 63.6 Å². The van der Waals surface area contributed by atoms with Gasteiger partial charge in [-0.3, -0.25) is 18.7 Å². The van der Waals surface area contributed by atoms with Crippen molar-refractivity contribution in [2.24, 2.45) is 0 Å². The second-order valence-corrected chi connectivity index (χ2v) is 14.4.